The highest BCUT2D eigenvalue weighted by atomic mass is 79.9. The van der Waals surface area contributed by atoms with Crippen LogP contribution in [0.25, 0.3) is 0 Å². The van der Waals surface area contributed by atoms with E-state index in [2.05, 4.69) is 71.4 Å². The van der Waals surface area contributed by atoms with Gasteiger partial charge in [-0.3, -0.25) is 4.68 Å². The Hall–Kier alpha value is 0.650. The Labute approximate surface area is 123 Å². The van der Waals surface area contributed by atoms with Crippen LogP contribution in [-0.2, 0) is 19.4 Å². The third-order valence-corrected chi connectivity index (χ3v) is 5.36. The molecule has 0 aromatic carbocycles. The lowest BCUT2D eigenvalue weighted by Gasteiger charge is -2.12. The monoisotopic (exact) mass is 414 g/mol. The second-order valence-electron chi connectivity index (χ2n) is 3.76. The van der Waals surface area contributed by atoms with E-state index in [9.17, 15) is 0 Å². The molecule has 0 saturated carbocycles. The first-order chi connectivity index (χ1) is 7.67. The van der Waals surface area contributed by atoms with Crippen LogP contribution in [-0.4, -0.2) is 20.4 Å². The fourth-order valence-corrected chi connectivity index (χ4v) is 3.89. The zero-order valence-corrected chi connectivity index (χ0v) is 14.4. The molecule has 0 aliphatic carbocycles. The lowest BCUT2D eigenvalue weighted by molar-refractivity contribution is 0.570. The van der Waals surface area contributed by atoms with Crippen molar-refractivity contribution in [1.82, 2.24) is 9.78 Å². The van der Waals surface area contributed by atoms with E-state index in [4.69, 9.17) is 0 Å². The van der Waals surface area contributed by atoms with Crippen molar-refractivity contribution in [2.24, 2.45) is 5.92 Å². The maximum absolute atomic E-state index is 4.61. The van der Waals surface area contributed by atoms with Crippen LogP contribution in [0.2, 0.25) is 0 Å². The average molecular weight is 417 g/mol. The standard InChI is InChI=1S/C11H17Br3N2/c1-3-9-11(14)10(16(4-2)15-9)5-8(6-12)7-13/h8H,3-7H2,1-2H3. The van der Waals surface area contributed by atoms with Gasteiger partial charge in [0, 0.05) is 17.2 Å². The van der Waals surface area contributed by atoms with Crippen molar-refractivity contribution in [3.8, 4) is 0 Å². The maximum Gasteiger partial charge on any atom is 0.0766 e. The number of aromatic nitrogens is 2. The molecule has 0 N–H and O–H groups in total. The van der Waals surface area contributed by atoms with Crippen LogP contribution >= 0.6 is 47.8 Å². The summed E-state index contributed by atoms with van der Waals surface area (Å²) in [7, 11) is 0. The quantitative estimate of drug-likeness (QED) is 0.636. The van der Waals surface area contributed by atoms with Crippen LogP contribution in [0.1, 0.15) is 25.2 Å². The number of rotatable bonds is 6. The highest BCUT2D eigenvalue weighted by molar-refractivity contribution is 9.10. The maximum atomic E-state index is 4.61. The van der Waals surface area contributed by atoms with E-state index in [-0.39, 0.29) is 0 Å². The molecule has 2 nitrogen and oxygen atoms in total. The van der Waals surface area contributed by atoms with Gasteiger partial charge in [-0.25, -0.2) is 0 Å². The van der Waals surface area contributed by atoms with Gasteiger partial charge in [0.2, 0.25) is 0 Å². The van der Waals surface area contributed by atoms with Crippen LogP contribution in [0, 0.1) is 5.92 Å². The summed E-state index contributed by atoms with van der Waals surface area (Å²) in [6.07, 6.45) is 2.03. The normalized spacial score (nSPS) is 11.4. The highest BCUT2D eigenvalue weighted by Crippen LogP contribution is 2.25. The van der Waals surface area contributed by atoms with Gasteiger partial charge >= 0.3 is 0 Å². The highest BCUT2D eigenvalue weighted by Gasteiger charge is 2.17. The molecule has 5 heteroatoms. The minimum Gasteiger partial charge on any atom is -0.268 e. The van der Waals surface area contributed by atoms with Crippen LogP contribution < -0.4 is 0 Å². The van der Waals surface area contributed by atoms with E-state index in [0.29, 0.717) is 5.92 Å². The predicted octanol–water partition coefficient (Wildman–Crippen LogP) is 4.18. The number of aryl methyl sites for hydroxylation is 2. The third kappa shape index (κ3) is 3.33. The molecule has 1 aromatic rings. The first kappa shape index (κ1) is 14.7. The van der Waals surface area contributed by atoms with Gasteiger partial charge in [-0.1, -0.05) is 38.8 Å². The average Bonchev–Trinajstić information content (AvgIpc) is 2.62. The van der Waals surface area contributed by atoms with Crippen molar-refractivity contribution in [2.45, 2.75) is 33.2 Å². The van der Waals surface area contributed by atoms with Gasteiger partial charge in [-0.05, 0) is 41.6 Å². The van der Waals surface area contributed by atoms with Gasteiger partial charge in [0.25, 0.3) is 0 Å². The summed E-state index contributed by atoms with van der Waals surface area (Å²) in [5.74, 6) is 0.614. The van der Waals surface area contributed by atoms with Crippen molar-refractivity contribution in [1.29, 1.82) is 0 Å². The minimum absolute atomic E-state index is 0.614. The summed E-state index contributed by atoms with van der Waals surface area (Å²) in [5.41, 5.74) is 2.49. The van der Waals surface area contributed by atoms with E-state index in [1.165, 1.54) is 15.9 Å². The molecular formula is C11H17Br3N2. The first-order valence-electron chi connectivity index (χ1n) is 5.53. The number of hydrogen-bond acceptors (Lipinski definition) is 1. The molecule has 0 spiro atoms. The number of alkyl halides is 2. The molecule has 0 bridgehead atoms. The predicted molar refractivity (Wildman–Crippen MR) is 79.8 cm³/mol. The Morgan fingerprint density at radius 3 is 2.31 bits per heavy atom. The molecule has 0 radical (unpaired) electrons. The van der Waals surface area contributed by atoms with Crippen molar-refractivity contribution in [3.63, 3.8) is 0 Å². The molecule has 1 aromatic heterocycles. The van der Waals surface area contributed by atoms with Gasteiger partial charge < -0.3 is 0 Å². The lowest BCUT2D eigenvalue weighted by Crippen LogP contribution is -2.12. The minimum atomic E-state index is 0.614. The van der Waals surface area contributed by atoms with Crippen molar-refractivity contribution >= 4 is 47.8 Å². The van der Waals surface area contributed by atoms with Crippen LogP contribution in [0.4, 0.5) is 0 Å². The largest absolute Gasteiger partial charge is 0.268 e. The second kappa shape index (κ2) is 7.17. The van der Waals surface area contributed by atoms with Gasteiger partial charge in [0.1, 0.15) is 0 Å². The van der Waals surface area contributed by atoms with Crippen LogP contribution in [0.3, 0.4) is 0 Å². The summed E-state index contributed by atoms with van der Waals surface area (Å²) in [5, 5.41) is 6.64. The Kier molecular flexibility index (Phi) is 6.59. The summed E-state index contributed by atoms with van der Waals surface area (Å²) in [6, 6.07) is 0. The second-order valence-corrected chi connectivity index (χ2v) is 5.84. The molecule has 92 valence electrons. The van der Waals surface area contributed by atoms with E-state index in [0.717, 1.165) is 30.0 Å². The SMILES string of the molecule is CCc1nn(CC)c(CC(CBr)CBr)c1Br. The summed E-state index contributed by atoms with van der Waals surface area (Å²) in [4.78, 5) is 0. The number of halogens is 3. The van der Waals surface area contributed by atoms with E-state index < -0.39 is 0 Å². The molecule has 0 fully saturated rings. The van der Waals surface area contributed by atoms with E-state index in [1.807, 2.05) is 0 Å². The Morgan fingerprint density at radius 2 is 1.88 bits per heavy atom. The van der Waals surface area contributed by atoms with Crippen LogP contribution in [0.5, 0.6) is 0 Å². The third-order valence-electron chi connectivity index (χ3n) is 2.61. The molecule has 16 heavy (non-hydrogen) atoms. The lowest BCUT2D eigenvalue weighted by atomic mass is 10.1. The number of hydrogen-bond donors (Lipinski definition) is 0. The summed E-state index contributed by atoms with van der Waals surface area (Å²) < 4.78 is 3.31. The zero-order chi connectivity index (χ0) is 12.1. The van der Waals surface area contributed by atoms with Crippen molar-refractivity contribution in [3.05, 3.63) is 15.9 Å². The van der Waals surface area contributed by atoms with Crippen molar-refractivity contribution < 1.29 is 0 Å². The zero-order valence-electron chi connectivity index (χ0n) is 9.64. The first-order valence-corrected chi connectivity index (χ1v) is 8.57. The van der Waals surface area contributed by atoms with E-state index in [1.54, 1.807) is 0 Å². The smallest absolute Gasteiger partial charge is 0.0766 e. The molecule has 1 heterocycles. The Bertz CT molecular complexity index is 332. The molecule has 0 unspecified atom stereocenters. The Morgan fingerprint density at radius 1 is 1.25 bits per heavy atom. The van der Waals surface area contributed by atoms with Crippen molar-refractivity contribution in [2.75, 3.05) is 10.7 Å². The van der Waals surface area contributed by atoms with Crippen LogP contribution in [0.15, 0.2) is 4.47 Å². The summed E-state index contributed by atoms with van der Waals surface area (Å²) >= 11 is 10.8. The van der Waals surface area contributed by atoms with Gasteiger partial charge in [-0.2, -0.15) is 5.10 Å². The molecule has 0 atom stereocenters. The van der Waals surface area contributed by atoms with Gasteiger partial charge in [0.15, 0.2) is 0 Å². The number of nitrogens with zero attached hydrogens (tertiary/aromatic N) is 2. The topological polar surface area (TPSA) is 17.8 Å². The molecule has 0 aliphatic heterocycles. The van der Waals surface area contributed by atoms with Gasteiger partial charge in [-0.15, -0.1) is 0 Å². The van der Waals surface area contributed by atoms with Gasteiger partial charge in [0.05, 0.1) is 15.9 Å². The molecule has 0 aliphatic rings. The molecule has 0 saturated heterocycles. The summed E-state index contributed by atoms with van der Waals surface area (Å²) in [6.45, 7) is 5.22. The fraction of sp³-hybridized carbons (Fsp3) is 0.727. The van der Waals surface area contributed by atoms with E-state index >= 15 is 0 Å². The Balaban J connectivity index is 2.96. The fourth-order valence-electron chi connectivity index (χ4n) is 1.64. The molecule has 0 amide bonds. The molecular weight excluding hydrogens is 400 g/mol. The molecule has 1 rings (SSSR count).